The molecule has 0 amide bonds. The Morgan fingerprint density at radius 1 is 1.19 bits per heavy atom. The van der Waals surface area contributed by atoms with Gasteiger partial charge in [0.15, 0.2) is 0 Å². The summed E-state index contributed by atoms with van der Waals surface area (Å²) in [5, 5.41) is 3.31. The first-order chi connectivity index (χ1) is 10.1. The van der Waals surface area contributed by atoms with Crippen molar-refractivity contribution >= 4 is 0 Å². The van der Waals surface area contributed by atoms with Crippen molar-refractivity contribution in [2.45, 2.75) is 40.3 Å². The third-order valence-electron chi connectivity index (χ3n) is 3.16. The highest BCUT2D eigenvalue weighted by Crippen LogP contribution is 2.13. The van der Waals surface area contributed by atoms with Crippen LogP contribution >= 0.6 is 0 Å². The molecule has 0 atom stereocenters. The number of nitrogens with one attached hydrogen (secondary N) is 1. The monoisotopic (exact) mass is 288 g/mol. The van der Waals surface area contributed by atoms with Crippen molar-refractivity contribution < 1.29 is 9.15 Å². The molecule has 0 saturated heterocycles. The number of aromatic nitrogens is 1. The number of benzene rings is 1. The van der Waals surface area contributed by atoms with Gasteiger partial charge in [0.25, 0.3) is 0 Å². The van der Waals surface area contributed by atoms with Crippen LogP contribution in [0.25, 0.3) is 0 Å². The maximum absolute atomic E-state index is 5.70. The molecule has 2 rings (SSSR count). The second kappa shape index (κ2) is 7.84. The van der Waals surface area contributed by atoms with E-state index >= 15 is 0 Å². The smallest absolute Gasteiger partial charge is 0.208 e. The van der Waals surface area contributed by atoms with Gasteiger partial charge in [-0.15, -0.1) is 0 Å². The summed E-state index contributed by atoms with van der Waals surface area (Å²) in [6.07, 6.45) is 2.82. The third kappa shape index (κ3) is 5.60. The fraction of sp³-hybridized carbons (Fsp3) is 0.471. The molecule has 0 spiro atoms. The zero-order chi connectivity index (χ0) is 15.1. The summed E-state index contributed by atoms with van der Waals surface area (Å²) in [7, 11) is 0. The van der Waals surface area contributed by atoms with Crippen LogP contribution in [0.15, 0.2) is 34.9 Å². The normalized spacial score (nSPS) is 11.0. The highest BCUT2D eigenvalue weighted by atomic mass is 16.5. The molecule has 0 aliphatic heterocycles. The third-order valence-corrected chi connectivity index (χ3v) is 3.16. The highest BCUT2D eigenvalue weighted by molar-refractivity contribution is 5.27. The van der Waals surface area contributed by atoms with E-state index in [4.69, 9.17) is 9.15 Å². The van der Waals surface area contributed by atoms with Crippen molar-refractivity contribution in [2.24, 2.45) is 5.92 Å². The van der Waals surface area contributed by atoms with Crippen LogP contribution in [0.5, 0.6) is 5.75 Å². The molecule has 0 unspecified atom stereocenters. The van der Waals surface area contributed by atoms with Gasteiger partial charge in [-0.25, -0.2) is 4.98 Å². The molecule has 0 bridgehead atoms. The van der Waals surface area contributed by atoms with E-state index in [1.165, 1.54) is 5.56 Å². The van der Waals surface area contributed by atoms with Crippen LogP contribution in [0.2, 0.25) is 0 Å². The van der Waals surface area contributed by atoms with Crippen molar-refractivity contribution in [2.75, 3.05) is 6.61 Å². The van der Waals surface area contributed by atoms with E-state index in [1.807, 2.05) is 19.1 Å². The molecule has 1 aromatic heterocycles. The first kappa shape index (κ1) is 15.6. The Balaban J connectivity index is 1.72. The first-order valence-corrected chi connectivity index (χ1v) is 7.47. The van der Waals surface area contributed by atoms with Gasteiger partial charge >= 0.3 is 0 Å². The molecule has 1 heterocycles. The van der Waals surface area contributed by atoms with Crippen molar-refractivity contribution in [1.82, 2.24) is 10.3 Å². The minimum Gasteiger partial charge on any atom is -0.494 e. The minimum atomic E-state index is 0.639. The van der Waals surface area contributed by atoms with Crippen LogP contribution in [0, 0.1) is 12.8 Å². The molecule has 21 heavy (non-hydrogen) atoms. The Kier molecular flexibility index (Phi) is 5.81. The quantitative estimate of drug-likeness (QED) is 0.804. The summed E-state index contributed by atoms with van der Waals surface area (Å²) in [6.45, 7) is 8.50. The van der Waals surface area contributed by atoms with E-state index in [0.717, 1.165) is 37.0 Å². The molecule has 0 fully saturated rings. The number of oxazole rings is 1. The second-order valence-corrected chi connectivity index (χ2v) is 5.64. The maximum atomic E-state index is 5.70. The molecule has 2 aromatic rings. The van der Waals surface area contributed by atoms with Gasteiger partial charge in [-0.3, -0.25) is 0 Å². The zero-order valence-corrected chi connectivity index (χ0v) is 13.1. The number of rotatable bonds is 8. The van der Waals surface area contributed by atoms with Gasteiger partial charge in [-0.05, 0) is 37.0 Å². The Bertz CT molecular complexity index is 532. The topological polar surface area (TPSA) is 47.3 Å². The number of nitrogens with zero attached hydrogens (tertiary/aromatic N) is 1. The van der Waals surface area contributed by atoms with Crippen molar-refractivity contribution in [1.29, 1.82) is 0 Å². The second-order valence-electron chi connectivity index (χ2n) is 5.64. The van der Waals surface area contributed by atoms with Crippen LogP contribution in [0.4, 0.5) is 0 Å². The fourth-order valence-corrected chi connectivity index (χ4v) is 1.91. The highest BCUT2D eigenvalue weighted by Gasteiger charge is 2.01. The van der Waals surface area contributed by atoms with Crippen molar-refractivity contribution in [3.05, 3.63) is 47.7 Å². The SMILES string of the molecule is Cc1cnc(CNCc2ccc(OCCC(C)C)cc2)o1. The van der Waals surface area contributed by atoms with E-state index in [2.05, 4.69) is 36.3 Å². The van der Waals surface area contributed by atoms with Crippen LogP contribution in [-0.2, 0) is 13.1 Å². The summed E-state index contributed by atoms with van der Waals surface area (Å²) in [5.41, 5.74) is 1.22. The Morgan fingerprint density at radius 3 is 2.57 bits per heavy atom. The average Bonchev–Trinajstić information content (AvgIpc) is 2.86. The lowest BCUT2D eigenvalue weighted by Crippen LogP contribution is -2.12. The van der Waals surface area contributed by atoms with E-state index in [1.54, 1.807) is 6.20 Å². The molecule has 0 saturated carbocycles. The predicted octanol–water partition coefficient (Wildman–Crippen LogP) is 3.70. The molecular weight excluding hydrogens is 264 g/mol. The fourth-order valence-electron chi connectivity index (χ4n) is 1.91. The molecule has 1 aromatic carbocycles. The predicted molar refractivity (Wildman–Crippen MR) is 83.2 cm³/mol. The summed E-state index contributed by atoms with van der Waals surface area (Å²) in [4.78, 5) is 4.16. The van der Waals surface area contributed by atoms with Crippen LogP contribution < -0.4 is 10.1 Å². The van der Waals surface area contributed by atoms with Crippen LogP contribution in [0.3, 0.4) is 0 Å². The van der Waals surface area contributed by atoms with Gasteiger partial charge in [-0.2, -0.15) is 0 Å². The van der Waals surface area contributed by atoms with Gasteiger partial charge in [0.2, 0.25) is 5.89 Å². The van der Waals surface area contributed by atoms with Crippen molar-refractivity contribution in [3.8, 4) is 5.75 Å². The molecule has 114 valence electrons. The molecule has 4 heteroatoms. The van der Waals surface area contributed by atoms with Gasteiger partial charge in [0.1, 0.15) is 11.5 Å². The van der Waals surface area contributed by atoms with E-state index in [0.29, 0.717) is 12.5 Å². The van der Waals surface area contributed by atoms with E-state index in [-0.39, 0.29) is 0 Å². The number of aryl methyl sites for hydroxylation is 1. The number of hydrogen-bond donors (Lipinski definition) is 1. The van der Waals surface area contributed by atoms with Gasteiger partial charge in [-0.1, -0.05) is 26.0 Å². The lowest BCUT2D eigenvalue weighted by atomic mass is 10.1. The summed E-state index contributed by atoms with van der Waals surface area (Å²) >= 11 is 0. The Morgan fingerprint density at radius 2 is 1.95 bits per heavy atom. The molecule has 0 radical (unpaired) electrons. The van der Waals surface area contributed by atoms with Gasteiger partial charge in [0, 0.05) is 6.54 Å². The lowest BCUT2D eigenvalue weighted by molar-refractivity contribution is 0.289. The van der Waals surface area contributed by atoms with E-state index in [9.17, 15) is 0 Å². The maximum Gasteiger partial charge on any atom is 0.208 e. The molecule has 4 nitrogen and oxygen atoms in total. The largest absolute Gasteiger partial charge is 0.494 e. The Hall–Kier alpha value is -1.81. The summed E-state index contributed by atoms with van der Waals surface area (Å²) in [5.74, 6) is 3.17. The van der Waals surface area contributed by atoms with Crippen LogP contribution in [-0.4, -0.2) is 11.6 Å². The molecule has 0 aliphatic carbocycles. The molecule has 1 N–H and O–H groups in total. The van der Waals surface area contributed by atoms with E-state index < -0.39 is 0 Å². The number of ether oxygens (including phenoxy) is 1. The van der Waals surface area contributed by atoms with Crippen LogP contribution in [0.1, 0.15) is 37.5 Å². The first-order valence-electron chi connectivity index (χ1n) is 7.47. The standard InChI is InChI=1S/C17H24N2O2/c1-13(2)8-9-20-16-6-4-15(5-7-16)11-18-12-17-19-10-14(3)21-17/h4-7,10,13,18H,8-9,11-12H2,1-3H3. The van der Waals surface area contributed by atoms with Gasteiger partial charge in [0.05, 0.1) is 19.3 Å². The lowest BCUT2D eigenvalue weighted by Gasteiger charge is -2.09. The molecule has 0 aliphatic rings. The summed E-state index contributed by atoms with van der Waals surface area (Å²) < 4.78 is 11.1. The van der Waals surface area contributed by atoms with Crippen molar-refractivity contribution in [3.63, 3.8) is 0 Å². The molecular formula is C17H24N2O2. The minimum absolute atomic E-state index is 0.639. The zero-order valence-electron chi connectivity index (χ0n) is 13.1. The number of hydrogen-bond acceptors (Lipinski definition) is 4. The summed E-state index contributed by atoms with van der Waals surface area (Å²) in [6, 6.07) is 8.20. The Labute approximate surface area is 126 Å². The van der Waals surface area contributed by atoms with Gasteiger partial charge < -0.3 is 14.5 Å². The average molecular weight is 288 g/mol.